The number of benzene rings is 2. The van der Waals surface area contributed by atoms with E-state index in [-0.39, 0.29) is 11.9 Å². The predicted molar refractivity (Wildman–Crippen MR) is 137 cm³/mol. The number of esters is 2. The number of cyclic esters (lactones) is 2. The van der Waals surface area contributed by atoms with Gasteiger partial charge >= 0.3 is 11.9 Å². The maximum atomic E-state index is 11.5. The lowest BCUT2D eigenvalue weighted by Crippen LogP contribution is -2.48. The smallest absolute Gasteiger partial charge is 0.338 e. The van der Waals surface area contributed by atoms with E-state index < -0.39 is 0 Å². The molecule has 0 bridgehead atoms. The van der Waals surface area contributed by atoms with Crippen LogP contribution in [0, 0.1) is 13.8 Å². The molecular formula is C28H36N4O4. The number of ether oxygens (including phenoxy) is 2. The molecule has 192 valence electrons. The van der Waals surface area contributed by atoms with E-state index in [1.165, 1.54) is 22.3 Å². The van der Waals surface area contributed by atoms with Gasteiger partial charge in [-0.25, -0.2) is 9.59 Å². The van der Waals surface area contributed by atoms with E-state index >= 15 is 0 Å². The minimum absolute atomic E-state index is 0.192. The molecule has 0 amide bonds. The van der Waals surface area contributed by atoms with Crippen LogP contribution in [-0.4, -0.2) is 50.2 Å². The highest BCUT2D eigenvalue weighted by Gasteiger charge is 2.29. The number of hydrogen-bond acceptors (Lipinski definition) is 8. The van der Waals surface area contributed by atoms with Crippen molar-refractivity contribution in [2.24, 2.45) is 0 Å². The Labute approximate surface area is 212 Å². The number of rotatable bonds is 2. The standard InChI is InChI=1S/2C14H18N2O2/c2*1-8-5-15-6-13(16-8)10-3-4-11-12(9(10)2)7-18-14(11)17/h2*3-4,8,13,15-16H,5-7H2,1-2H3/t2*8-,13-/m10/s1. The first-order chi connectivity index (χ1) is 17.3. The lowest BCUT2D eigenvalue weighted by molar-refractivity contribution is 0.0526. The Bertz CT molecular complexity index is 1090. The van der Waals surface area contributed by atoms with Gasteiger partial charge < -0.3 is 30.7 Å². The van der Waals surface area contributed by atoms with Crippen molar-refractivity contribution < 1.29 is 19.1 Å². The van der Waals surface area contributed by atoms with E-state index in [2.05, 4.69) is 61.1 Å². The predicted octanol–water partition coefficient (Wildman–Crippen LogP) is 2.58. The van der Waals surface area contributed by atoms with Crippen molar-refractivity contribution in [2.75, 3.05) is 26.2 Å². The summed E-state index contributed by atoms with van der Waals surface area (Å²) in [5, 5.41) is 14.0. The zero-order chi connectivity index (χ0) is 25.4. The average Bonchev–Trinajstić information content (AvgIpc) is 3.43. The number of nitrogens with one attached hydrogen (secondary N) is 4. The first kappa shape index (κ1) is 24.9. The summed E-state index contributed by atoms with van der Waals surface area (Å²) in [5.74, 6) is -0.384. The first-order valence-corrected chi connectivity index (χ1v) is 12.9. The second-order valence-corrected chi connectivity index (χ2v) is 10.3. The molecule has 0 radical (unpaired) electrons. The molecule has 0 aromatic heterocycles. The van der Waals surface area contributed by atoms with Gasteiger partial charge in [0.15, 0.2) is 0 Å². The molecule has 6 rings (SSSR count). The molecule has 2 fully saturated rings. The fraction of sp³-hybridized carbons (Fsp3) is 0.500. The highest BCUT2D eigenvalue weighted by Crippen LogP contribution is 2.30. The van der Waals surface area contributed by atoms with Crippen molar-refractivity contribution in [1.82, 2.24) is 21.3 Å². The lowest BCUT2D eigenvalue weighted by Gasteiger charge is -2.31. The summed E-state index contributed by atoms with van der Waals surface area (Å²) in [6.45, 7) is 13.2. The van der Waals surface area contributed by atoms with Crippen LogP contribution in [0.1, 0.15) is 80.0 Å². The maximum absolute atomic E-state index is 11.5. The van der Waals surface area contributed by atoms with Gasteiger partial charge in [0.25, 0.3) is 0 Å². The molecule has 4 aliphatic heterocycles. The number of hydrogen-bond donors (Lipinski definition) is 4. The topological polar surface area (TPSA) is 101 Å². The van der Waals surface area contributed by atoms with Crippen LogP contribution in [-0.2, 0) is 22.7 Å². The number of carbonyl (C=O) groups excluding carboxylic acids is 2. The van der Waals surface area contributed by atoms with Crippen LogP contribution in [0.5, 0.6) is 0 Å². The molecule has 4 atom stereocenters. The minimum Gasteiger partial charge on any atom is -0.457 e. The van der Waals surface area contributed by atoms with Gasteiger partial charge in [0.05, 0.1) is 11.1 Å². The van der Waals surface area contributed by atoms with Crippen LogP contribution < -0.4 is 21.3 Å². The van der Waals surface area contributed by atoms with Crippen LogP contribution >= 0.6 is 0 Å². The fourth-order valence-corrected chi connectivity index (χ4v) is 5.70. The van der Waals surface area contributed by atoms with E-state index in [4.69, 9.17) is 9.47 Å². The number of piperazine rings is 2. The molecule has 4 heterocycles. The zero-order valence-corrected chi connectivity index (χ0v) is 21.5. The second-order valence-electron chi connectivity index (χ2n) is 10.3. The van der Waals surface area contributed by atoms with Crippen molar-refractivity contribution >= 4 is 11.9 Å². The first-order valence-electron chi connectivity index (χ1n) is 12.9. The summed E-state index contributed by atoms with van der Waals surface area (Å²) < 4.78 is 10.2. The summed E-state index contributed by atoms with van der Waals surface area (Å²) in [4.78, 5) is 23.0. The molecule has 0 aliphatic carbocycles. The van der Waals surface area contributed by atoms with Crippen LogP contribution in [0.15, 0.2) is 24.3 Å². The average molecular weight is 493 g/mol. The lowest BCUT2D eigenvalue weighted by atomic mass is 9.93. The van der Waals surface area contributed by atoms with Gasteiger partial charge in [0.2, 0.25) is 0 Å². The molecule has 2 aromatic rings. The quantitative estimate of drug-likeness (QED) is 0.475. The molecule has 2 saturated heterocycles. The Kier molecular flexibility index (Phi) is 7.12. The van der Waals surface area contributed by atoms with Crippen molar-refractivity contribution in [3.8, 4) is 0 Å². The van der Waals surface area contributed by atoms with Gasteiger partial charge in [-0.2, -0.15) is 0 Å². The summed E-state index contributed by atoms with van der Waals surface area (Å²) in [6, 6.07) is 9.46. The minimum atomic E-state index is -0.192. The van der Waals surface area contributed by atoms with Gasteiger partial charge in [-0.3, -0.25) is 0 Å². The highest BCUT2D eigenvalue weighted by molar-refractivity contribution is 5.94. The third kappa shape index (κ3) is 4.78. The largest absolute Gasteiger partial charge is 0.457 e. The normalized spacial score (nSPS) is 26.9. The zero-order valence-electron chi connectivity index (χ0n) is 21.5. The SMILES string of the molecule is Cc1c([C@@H]2CNC[C@H](C)N2)ccc2c1COC2=O.Cc1c([C@H]2CNC[C@@H](C)N2)ccc2c1COC2=O. The van der Waals surface area contributed by atoms with Crippen molar-refractivity contribution in [3.05, 3.63) is 68.8 Å². The Morgan fingerprint density at radius 2 is 1.08 bits per heavy atom. The maximum Gasteiger partial charge on any atom is 0.338 e. The second kappa shape index (κ2) is 10.3. The van der Waals surface area contributed by atoms with E-state index in [0.29, 0.717) is 37.4 Å². The summed E-state index contributed by atoms with van der Waals surface area (Å²) in [6.07, 6.45) is 0. The molecular weight excluding hydrogens is 456 g/mol. The Hall–Kier alpha value is -2.78. The van der Waals surface area contributed by atoms with Crippen molar-refractivity contribution in [1.29, 1.82) is 0 Å². The van der Waals surface area contributed by atoms with Crippen LogP contribution in [0.25, 0.3) is 0 Å². The fourth-order valence-electron chi connectivity index (χ4n) is 5.70. The molecule has 2 aromatic carbocycles. The van der Waals surface area contributed by atoms with E-state index in [0.717, 1.165) is 48.4 Å². The van der Waals surface area contributed by atoms with E-state index in [9.17, 15) is 9.59 Å². The molecule has 0 spiro atoms. The molecule has 0 saturated carbocycles. The van der Waals surface area contributed by atoms with Crippen molar-refractivity contribution in [2.45, 2.75) is 65.1 Å². The summed E-state index contributed by atoms with van der Waals surface area (Å²) in [5.41, 5.74) is 8.48. The van der Waals surface area contributed by atoms with Gasteiger partial charge in [-0.05, 0) is 62.1 Å². The Morgan fingerprint density at radius 3 is 1.47 bits per heavy atom. The summed E-state index contributed by atoms with van der Waals surface area (Å²) >= 11 is 0. The van der Waals surface area contributed by atoms with Gasteiger partial charge in [0.1, 0.15) is 13.2 Å². The van der Waals surface area contributed by atoms with Gasteiger partial charge in [0, 0.05) is 61.5 Å². The molecule has 4 N–H and O–H groups in total. The monoisotopic (exact) mass is 492 g/mol. The number of fused-ring (bicyclic) bond motifs is 2. The summed E-state index contributed by atoms with van der Waals surface area (Å²) in [7, 11) is 0. The molecule has 8 nitrogen and oxygen atoms in total. The third-order valence-electron chi connectivity index (χ3n) is 7.74. The van der Waals surface area contributed by atoms with Crippen molar-refractivity contribution in [3.63, 3.8) is 0 Å². The van der Waals surface area contributed by atoms with Gasteiger partial charge in [-0.15, -0.1) is 0 Å². The Balaban J connectivity index is 0.000000148. The molecule has 8 heteroatoms. The van der Waals surface area contributed by atoms with Crippen LogP contribution in [0.3, 0.4) is 0 Å². The third-order valence-corrected chi connectivity index (χ3v) is 7.74. The van der Waals surface area contributed by atoms with Gasteiger partial charge in [-0.1, -0.05) is 12.1 Å². The Morgan fingerprint density at radius 1 is 0.667 bits per heavy atom. The molecule has 4 aliphatic rings. The van der Waals surface area contributed by atoms with Crippen LogP contribution in [0.2, 0.25) is 0 Å². The van der Waals surface area contributed by atoms with Crippen LogP contribution in [0.4, 0.5) is 0 Å². The molecule has 36 heavy (non-hydrogen) atoms. The number of carbonyl (C=O) groups is 2. The highest BCUT2D eigenvalue weighted by atomic mass is 16.5. The van der Waals surface area contributed by atoms with E-state index in [1.54, 1.807) is 0 Å². The molecule has 0 unspecified atom stereocenters. The van der Waals surface area contributed by atoms with E-state index in [1.807, 2.05) is 12.1 Å².